The molecule has 0 amide bonds. The van der Waals surface area contributed by atoms with Crippen LogP contribution in [0.3, 0.4) is 0 Å². The lowest BCUT2D eigenvalue weighted by atomic mass is 9.96. The van der Waals surface area contributed by atoms with E-state index in [4.69, 9.17) is 10.5 Å². The monoisotopic (exact) mass is 214 g/mol. The van der Waals surface area contributed by atoms with Crippen LogP contribution in [-0.2, 0) is 4.74 Å². The van der Waals surface area contributed by atoms with Gasteiger partial charge in [0.15, 0.2) is 0 Å². The van der Waals surface area contributed by atoms with Gasteiger partial charge in [0, 0.05) is 19.7 Å². The van der Waals surface area contributed by atoms with Gasteiger partial charge in [-0.15, -0.1) is 0 Å². The second-order valence-corrected chi connectivity index (χ2v) is 4.65. The third-order valence-electron chi connectivity index (χ3n) is 3.49. The topological polar surface area (TPSA) is 38.5 Å². The Morgan fingerprint density at radius 1 is 1.33 bits per heavy atom. The first-order valence-electron chi connectivity index (χ1n) is 6.24. The van der Waals surface area contributed by atoms with Crippen molar-refractivity contribution in [3.8, 4) is 0 Å². The fraction of sp³-hybridized carbons (Fsp3) is 1.00. The van der Waals surface area contributed by atoms with Crippen LogP contribution in [0.1, 0.15) is 26.2 Å². The van der Waals surface area contributed by atoms with E-state index in [0.717, 1.165) is 38.1 Å². The van der Waals surface area contributed by atoms with Crippen LogP contribution in [0.25, 0.3) is 0 Å². The predicted molar refractivity (Wildman–Crippen MR) is 63.9 cm³/mol. The molecule has 1 aliphatic rings. The minimum atomic E-state index is 0.763. The van der Waals surface area contributed by atoms with Crippen molar-refractivity contribution in [1.82, 2.24) is 4.90 Å². The van der Waals surface area contributed by atoms with Crippen molar-refractivity contribution in [2.24, 2.45) is 17.6 Å². The lowest BCUT2D eigenvalue weighted by Gasteiger charge is -2.24. The second-order valence-electron chi connectivity index (χ2n) is 4.65. The lowest BCUT2D eigenvalue weighted by Crippen LogP contribution is -2.32. The first-order chi connectivity index (χ1) is 7.27. The highest BCUT2D eigenvalue weighted by Crippen LogP contribution is 2.31. The molecule has 0 heterocycles. The molecule has 0 bridgehead atoms. The van der Waals surface area contributed by atoms with Gasteiger partial charge in [0.25, 0.3) is 0 Å². The van der Waals surface area contributed by atoms with Crippen molar-refractivity contribution >= 4 is 0 Å². The molecule has 0 spiro atoms. The molecule has 0 aromatic carbocycles. The summed E-state index contributed by atoms with van der Waals surface area (Å²) in [5, 5.41) is 0. The molecule has 0 aliphatic heterocycles. The zero-order valence-electron chi connectivity index (χ0n) is 10.2. The first kappa shape index (κ1) is 12.9. The quantitative estimate of drug-likeness (QED) is 0.650. The zero-order valence-corrected chi connectivity index (χ0v) is 10.2. The van der Waals surface area contributed by atoms with Crippen molar-refractivity contribution in [3.63, 3.8) is 0 Å². The largest absolute Gasteiger partial charge is 0.380 e. The Hall–Kier alpha value is -0.120. The molecule has 1 rings (SSSR count). The fourth-order valence-electron chi connectivity index (χ4n) is 2.52. The smallest absolute Gasteiger partial charge is 0.0593 e. The predicted octanol–water partition coefficient (Wildman–Crippen LogP) is 1.33. The third kappa shape index (κ3) is 4.49. The van der Waals surface area contributed by atoms with Gasteiger partial charge in [-0.25, -0.2) is 0 Å². The molecule has 1 fully saturated rings. The van der Waals surface area contributed by atoms with E-state index in [-0.39, 0.29) is 0 Å². The molecule has 0 radical (unpaired) electrons. The molecule has 0 saturated heterocycles. The Morgan fingerprint density at radius 3 is 2.73 bits per heavy atom. The van der Waals surface area contributed by atoms with Gasteiger partial charge in [-0.3, -0.25) is 0 Å². The van der Waals surface area contributed by atoms with Crippen molar-refractivity contribution in [3.05, 3.63) is 0 Å². The van der Waals surface area contributed by atoms with E-state index in [1.807, 2.05) is 6.92 Å². The normalized spacial score (nSPS) is 26.4. The Bertz CT molecular complexity index is 164. The van der Waals surface area contributed by atoms with Gasteiger partial charge in [-0.05, 0) is 45.2 Å². The summed E-state index contributed by atoms with van der Waals surface area (Å²) in [6.45, 7) is 6.82. The summed E-state index contributed by atoms with van der Waals surface area (Å²) in [5.41, 5.74) is 5.78. The highest BCUT2D eigenvalue weighted by Gasteiger charge is 2.26. The van der Waals surface area contributed by atoms with E-state index in [9.17, 15) is 0 Å². The summed E-state index contributed by atoms with van der Waals surface area (Å²) in [5.74, 6) is 1.58. The average Bonchev–Trinajstić information content (AvgIpc) is 2.65. The highest BCUT2D eigenvalue weighted by molar-refractivity contribution is 4.79. The van der Waals surface area contributed by atoms with E-state index >= 15 is 0 Å². The van der Waals surface area contributed by atoms with Gasteiger partial charge in [0.05, 0.1) is 6.61 Å². The van der Waals surface area contributed by atoms with Gasteiger partial charge in [0.2, 0.25) is 0 Å². The van der Waals surface area contributed by atoms with Gasteiger partial charge in [0.1, 0.15) is 0 Å². The Labute approximate surface area is 94.0 Å². The number of hydrogen-bond acceptors (Lipinski definition) is 3. The van der Waals surface area contributed by atoms with E-state index in [2.05, 4.69) is 11.9 Å². The Kier molecular flexibility index (Phi) is 6.22. The molecule has 2 unspecified atom stereocenters. The fourth-order valence-corrected chi connectivity index (χ4v) is 2.52. The van der Waals surface area contributed by atoms with Crippen molar-refractivity contribution < 1.29 is 4.74 Å². The van der Waals surface area contributed by atoms with Gasteiger partial charge < -0.3 is 15.4 Å². The van der Waals surface area contributed by atoms with Crippen LogP contribution in [0.15, 0.2) is 0 Å². The van der Waals surface area contributed by atoms with Crippen LogP contribution in [0, 0.1) is 11.8 Å². The summed E-state index contributed by atoms with van der Waals surface area (Å²) in [4.78, 5) is 2.38. The number of nitrogens with zero attached hydrogens (tertiary/aromatic N) is 1. The van der Waals surface area contributed by atoms with Crippen LogP contribution < -0.4 is 5.73 Å². The molecular formula is C12H26N2O. The van der Waals surface area contributed by atoms with Crippen LogP contribution in [0.5, 0.6) is 0 Å². The molecule has 3 nitrogen and oxygen atoms in total. The summed E-state index contributed by atoms with van der Waals surface area (Å²) >= 11 is 0. The van der Waals surface area contributed by atoms with E-state index in [0.29, 0.717) is 0 Å². The number of rotatable bonds is 7. The van der Waals surface area contributed by atoms with Crippen LogP contribution in [0.2, 0.25) is 0 Å². The molecule has 0 aromatic heterocycles. The second kappa shape index (κ2) is 7.20. The molecule has 3 heteroatoms. The van der Waals surface area contributed by atoms with E-state index in [1.54, 1.807) is 0 Å². The SMILES string of the molecule is CCOCCN(C)CC1CCCC1CN. The molecule has 90 valence electrons. The van der Waals surface area contributed by atoms with Crippen LogP contribution >= 0.6 is 0 Å². The number of hydrogen-bond donors (Lipinski definition) is 1. The lowest BCUT2D eigenvalue weighted by molar-refractivity contribution is 0.114. The van der Waals surface area contributed by atoms with E-state index < -0.39 is 0 Å². The summed E-state index contributed by atoms with van der Waals surface area (Å²) in [7, 11) is 2.19. The summed E-state index contributed by atoms with van der Waals surface area (Å²) < 4.78 is 5.36. The zero-order chi connectivity index (χ0) is 11.1. The standard InChI is InChI=1S/C12H26N2O/c1-3-15-8-7-14(2)10-12-6-4-5-11(12)9-13/h11-12H,3-10,13H2,1-2H3. The maximum atomic E-state index is 5.78. The molecule has 0 aromatic rings. The average molecular weight is 214 g/mol. The molecule has 2 atom stereocenters. The Balaban J connectivity index is 2.15. The Morgan fingerprint density at radius 2 is 2.07 bits per heavy atom. The molecule has 1 saturated carbocycles. The van der Waals surface area contributed by atoms with Crippen molar-refractivity contribution in [2.45, 2.75) is 26.2 Å². The van der Waals surface area contributed by atoms with E-state index in [1.165, 1.54) is 25.8 Å². The summed E-state index contributed by atoms with van der Waals surface area (Å²) in [6.07, 6.45) is 4.06. The van der Waals surface area contributed by atoms with Crippen molar-refractivity contribution in [1.29, 1.82) is 0 Å². The molecule has 1 aliphatic carbocycles. The maximum absolute atomic E-state index is 5.78. The third-order valence-corrected chi connectivity index (χ3v) is 3.49. The molecular weight excluding hydrogens is 188 g/mol. The molecule has 2 N–H and O–H groups in total. The van der Waals surface area contributed by atoms with Gasteiger partial charge >= 0.3 is 0 Å². The molecule has 15 heavy (non-hydrogen) atoms. The summed E-state index contributed by atoms with van der Waals surface area (Å²) in [6, 6.07) is 0. The minimum absolute atomic E-state index is 0.763. The highest BCUT2D eigenvalue weighted by atomic mass is 16.5. The van der Waals surface area contributed by atoms with Gasteiger partial charge in [-0.1, -0.05) is 6.42 Å². The number of ether oxygens (including phenoxy) is 1. The van der Waals surface area contributed by atoms with Crippen molar-refractivity contribution in [2.75, 3.05) is 39.9 Å². The van der Waals surface area contributed by atoms with Crippen LogP contribution in [0.4, 0.5) is 0 Å². The number of nitrogens with two attached hydrogens (primary N) is 1. The van der Waals surface area contributed by atoms with Gasteiger partial charge in [-0.2, -0.15) is 0 Å². The minimum Gasteiger partial charge on any atom is -0.380 e. The maximum Gasteiger partial charge on any atom is 0.0593 e. The first-order valence-corrected chi connectivity index (χ1v) is 6.24. The van der Waals surface area contributed by atoms with Crippen LogP contribution in [-0.4, -0.2) is 44.8 Å². The number of likely N-dealkylation sites (N-methyl/N-ethyl adjacent to an activating group) is 1.